The molecule has 2 aliphatic rings. The van der Waals surface area contributed by atoms with E-state index in [0.717, 1.165) is 25.0 Å². The maximum atomic E-state index is 15.3. The Morgan fingerprint density at radius 1 is 0.926 bits per heavy atom. The van der Waals surface area contributed by atoms with Gasteiger partial charge in [-0.2, -0.15) is 0 Å². The van der Waals surface area contributed by atoms with E-state index < -0.39 is 29.3 Å². The number of hydrogen-bond acceptors (Lipinski definition) is 1. The average molecular weight is 394 g/mol. The average Bonchev–Trinajstić information content (AvgIpc) is 2.56. The second-order valence-electron chi connectivity index (χ2n) is 8.25. The SMILES string of the molecule is CC1(F)CCC(C2CCC(F)(c3ccc(OC(F)(F)F)c(F)c3)CC2)CC1. The van der Waals surface area contributed by atoms with Crippen LogP contribution in [-0.2, 0) is 5.67 Å². The molecule has 0 heterocycles. The van der Waals surface area contributed by atoms with Crippen LogP contribution in [0.15, 0.2) is 18.2 Å². The molecule has 0 spiro atoms. The fraction of sp³-hybridized carbons (Fsp3) is 0.700. The van der Waals surface area contributed by atoms with Crippen LogP contribution in [-0.4, -0.2) is 12.0 Å². The molecule has 1 aromatic rings. The lowest BCUT2D eigenvalue weighted by atomic mass is 9.67. The van der Waals surface area contributed by atoms with Crippen LogP contribution in [0.1, 0.15) is 63.9 Å². The van der Waals surface area contributed by atoms with Crippen molar-refractivity contribution >= 4 is 0 Å². The van der Waals surface area contributed by atoms with Gasteiger partial charge in [-0.15, -0.1) is 13.2 Å². The van der Waals surface area contributed by atoms with Gasteiger partial charge in [-0.25, -0.2) is 13.2 Å². The molecule has 27 heavy (non-hydrogen) atoms. The fourth-order valence-corrected chi connectivity index (χ4v) is 4.56. The topological polar surface area (TPSA) is 9.23 Å². The lowest BCUT2D eigenvalue weighted by molar-refractivity contribution is -0.275. The first kappa shape index (κ1) is 20.3. The number of alkyl halides is 5. The molecule has 0 saturated heterocycles. The fourth-order valence-electron chi connectivity index (χ4n) is 4.56. The third-order valence-corrected chi connectivity index (χ3v) is 6.24. The van der Waals surface area contributed by atoms with Gasteiger partial charge < -0.3 is 4.74 Å². The molecule has 0 aliphatic heterocycles. The number of benzene rings is 1. The van der Waals surface area contributed by atoms with Gasteiger partial charge in [0.1, 0.15) is 11.3 Å². The Hall–Kier alpha value is -1.40. The second-order valence-corrected chi connectivity index (χ2v) is 8.25. The van der Waals surface area contributed by atoms with Gasteiger partial charge in [-0.3, -0.25) is 0 Å². The van der Waals surface area contributed by atoms with Crippen molar-refractivity contribution < 1.29 is 31.1 Å². The first-order chi connectivity index (χ1) is 12.5. The lowest BCUT2D eigenvalue weighted by Crippen LogP contribution is -2.34. The summed E-state index contributed by atoms with van der Waals surface area (Å²) < 4.78 is 83.5. The molecule has 2 saturated carbocycles. The Kier molecular flexibility index (Phi) is 5.43. The zero-order chi connectivity index (χ0) is 19.9. The summed E-state index contributed by atoms with van der Waals surface area (Å²) in [6.07, 6.45) is -0.714. The van der Waals surface area contributed by atoms with Crippen LogP contribution < -0.4 is 4.74 Å². The van der Waals surface area contributed by atoms with E-state index in [1.807, 2.05) is 0 Å². The van der Waals surface area contributed by atoms with Crippen molar-refractivity contribution in [3.05, 3.63) is 29.6 Å². The molecule has 1 nitrogen and oxygen atoms in total. The summed E-state index contributed by atoms with van der Waals surface area (Å²) in [6, 6.07) is 2.80. The molecule has 0 aromatic heterocycles. The maximum Gasteiger partial charge on any atom is 0.573 e. The van der Waals surface area contributed by atoms with Gasteiger partial charge in [-0.05, 0) is 87.8 Å². The zero-order valence-corrected chi connectivity index (χ0v) is 15.2. The van der Waals surface area contributed by atoms with Crippen molar-refractivity contribution in [1.82, 2.24) is 0 Å². The first-order valence-corrected chi connectivity index (χ1v) is 9.41. The van der Waals surface area contributed by atoms with Crippen LogP contribution in [0.5, 0.6) is 5.75 Å². The highest BCUT2D eigenvalue weighted by molar-refractivity contribution is 5.33. The van der Waals surface area contributed by atoms with Crippen LogP contribution >= 0.6 is 0 Å². The monoisotopic (exact) mass is 394 g/mol. The highest BCUT2D eigenvalue weighted by Crippen LogP contribution is 2.49. The summed E-state index contributed by atoms with van der Waals surface area (Å²) in [7, 11) is 0. The number of halogens is 6. The van der Waals surface area contributed by atoms with Crippen molar-refractivity contribution in [2.75, 3.05) is 0 Å². The molecule has 0 amide bonds. The molecular formula is C20H24F6O. The Bertz CT molecular complexity index is 651. The van der Waals surface area contributed by atoms with E-state index in [9.17, 15) is 22.0 Å². The summed E-state index contributed by atoms with van der Waals surface area (Å²) in [6.45, 7) is 1.62. The van der Waals surface area contributed by atoms with Gasteiger partial charge in [0.15, 0.2) is 11.6 Å². The van der Waals surface area contributed by atoms with Crippen LogP contribution in [0.3, 0.4) is 0 Å². The Balaban J connectivity index is 1.63. The minimum Gasteiger partial charge on any atom is -0.403 e. The summed E-state index contributed by atoms with van der Waals surface area (Å²) in [4.78, 5) is 0. The third kappa shape index (κ3) is 4.91. The largest absolute Gasteiger partial charge is 0.573 e. The van der Waals surface area contributed by atoms with Gasteiger partial charge in [0.05, 0.1) is 0 Å². The van der Waals surface area contributed by atoms with Crippen LogP contribution in [0.25, 0.3) is 0 Å². The summed E-state index contributed by atoms with van der Waals surface area (Å²) in [5.74, 6) is -1.47. The van der Waals surface area contributed by atoms with E-state index in [4.69, 9.17) is 0 Å². The smallest absolute Gasteiger partial charge is 0.403 e. The van der Waals surface area contributed by atoms with Crippen molar-refractivity contribution in [2.45, 2.75) is 76.0 Å². The Morgan fingerprint density at radius 3 is 1.93 bits per heavy atom. The molecule has 1 aromatic carbocycles. The summed E-state index contributed by atoms with van der Waals surface area (Å²) >= 11 is 0. The molecule has 0 N–H and O–H groups in total. The molecule has 0 radical (unpaired) electrons. The Morgan fingerprint density at radius 2 is 1.44 bits per heavy atom. The molecule has 2 aliphatic carbocycles. The lowest BCUT2D eigenvalue weighted by Gasteiger charge is -2.41. The van der Waals surface area contributed by atoms with Gasteiger partial charge >= 0.3 is 6.36 Å². The van der Waals surface area contributed by atoms with Gasteiger partial charge in [0, 0.05) is 0 Å². The van der Waals surface area contributed by atoms with E-state index >= 15 is 4.39 Å². The highest BCUT2D eigenvalue weighted by atomic mass is 19.4. The van der Waals surface area contributed by atoms with Crippen molar-refractivity contribution in [1.29, 1.82) is 0 Å². The van der Waals surface area contributed by atoms with Gasteiger partial charge in [-0.1, -0.05) is 6.07 Å². The zero-order valence-electron chi connectivity index (χ0n) is 15.2. The standard InChI is InChI=1S/C20H24F6O/c1-18(22)8-4-13(5-9-18)14-6-10-19(23,11-7-14)15-2-3-17(16(21)12-15)27-20(24,25)26/h2-3,12-14H,4-11H2,1H3. The molecular weight excluding hydrogens is 370 g/mol. The van der Waals surface area contributed by atoms with Crippen LogP contribution in [0.2, 0.25) is 0 Å². The van der Waals surface area contributed by atoms with Crippen molar-refractivity contribution in [3.8, 4) is 5.75 Å². The number of hydrogen-bond donors (Lipinski definition) is 0. The highest BCUT2D eigenvalue weighted by Gasteiger charge is 2.42. The summed E-state index contributed by atoms with van der Waals surface area (Å²) in [5.41, 5.74) is -2.81. The number of rotatable bonds is 3. The van der Waals surface area contributed by atoms with Crippen molar-refractivity contribution in [2.24, 2.45) is 11.8 Å². The molecule has 0 atom stereocenters. The quantitative estimate of drug-likeness (QED) is 0.502. The molecule has 7 heteroatoms. The number of ether oxygens (including phenoxy) is 1. The molecule has 2 fully saturated rings. The maximum absolute atomic E-state index is 15.3. The predicted molar refractivity (Wildman–Crippen MR) is 89.3 cm³/mol. The van der Waals surface area contributed by atoms with E-state index in [-0.39, 0.29) is 18.4 Å². The Labute approximate surface area is 155 Å². The normalized spacial score (nSPS) is 35.1. The molecule has 0 unspecified atom stereocenters. The second kappa shape index (κ2) is 7.21. The van der Waals surface area contributed by atoms with E-state index in [0.29, 0.717) is 37.5 Å². The van der Waals surface area contributed by atoms with E-state index in [2.05, 4.69) is 4.74 Å². The van der Waals surface area contributed by atoms with E-state index in [1.165, 1.54) is 6.07 Å². The third-order valence-electron chi connectivity index (χ3n) is 6.24. The molecule has 3 rings (SSSR count). The van der Waals surface area contributed by atoms with Crippen LogP contribution in [0, 0.1) is 17.7 Å². The first-order valence-electron chi connectivity index (χ1n) is 9.41. The minimum absolute atomic E-state index is 0.0490. The van der Waals surface area contributed by atoms with Gasteiger partial charge in [0.2, 0.25) is 0 Å². The van der Waals surface area contributed by atoms with E-state index in [1.54, 1.807) is 6.92 Å². The van der Waals surface area contributed by atoms with Gasteiger partial charge in [0.25, 0.3) is 0 Å². The summed E-state index contributed by atoms with van der Waals surface area (Å²) in [5, 5.41) is 0. The van der Waals surface area contributed by atoms with Crippen LogP contribution in [0.4, 0.5) is 26.3 Å². The van der Waals surface area contributed by atoms with Crippen molar-refractivity contribution in [3.63, 3.8) is 0 Å². The minimum atomic E-state index is -5.00. The predicted octanol–water partition coefficient (Wildman–Crippen LogP) is 7.00. The molecule has 152 valence electrons. The molecule has 0 bridgehead atoms.